The highest BCUT2D eigenvalue weighted by atomic mass is 16.5. The molecule has 0 bridgehead atoms. The first-order valence-corrected chi connectivity index (χ1v) is 17.6. The number of piperazine rings is 1. The van der Waals surface area contributed by atoms with E-state index in [1.165, 1.54) is 50.3 Å². The molecule has 10 heteroatoms. The van der Waals surface area contributed by atoms with Crippen molar-refractivity contribution in [1.82, 2.24) is 24.8 Å². The number of nitrogens with two attached hydrogens (primary N) is 1. The normalized spacial score (nSPS) is 22.0. The van der Waals surface area contributed by atoms with Crippen molar-refractivity contribution in [2.45, 2.75) is 76.9 Å². The molecule has 0 radical (unpaired) electrons. The van der Waals surface area contributed by atoms with Gasteiger partial charge in [0.05, 0.1) is 17.0 Å². The number of piperidine rings is 1. The second kappa shape index (κ2) is 13.5. The third-order valence-corrected chi connectivity index (χ3v) is 10.9. The molecule has 4 fully saturated rings. The van der Waals surface area contributed by atoms with Crippen LogP contribution in [-0.4, -0.2) is 95.2 Å². The molecule has 3 aliphatic heterocycles. The van der Waals surface area contributed by atoms with Crippen molar-refractivity contribution in [3.63, 3.8) is 0 Å². The second-order valence-corrected chi connectivity index (χ2v) is 14.2. The van der Waals surface area contributed by atoms with Crippen LogP contribution in [0.4, 0.5) is 17.2 Å². The van der Waals surface area contributed by atoms with E-state index in [1.54, 1.807) is 6.20 Å². The summed E-state index contributed by atoms with van der Waals surface area (Å²) in [7, 11) is 2.22. The van der Waals surface area contributed by atoms with Gasteiger partial charge in [-0.3, -0.25) is 14.7 Å². The van der Waals surface area contributed by atoms with Crippen molar-refractivity contribution < 1.29 is 9.53 Å². The molecular weight excluding hydrogens is 588 g/mol. The van der Waals surface area contributed by atoms with Gasteiger partial charge in [0.15, 0.2) is 11.5 Å². The molecule has 250 valence electrons. The molecule has 2 aromatic heterocycles. The van der Waals surface area contributed by atoms with E-state index in [0.29, 0.717) is 23.5 Å². The SMILES string of the molecule is CCc1cc(Nc2nc(CC3CCOC4(CC4)C3)c(-c3ncccc3C)nc2C(N)=O)ccc1N1CCC(N2CCN(C)CC2)CC1. The van der Waals surface area contributed by atoms with Crippen LogP contribution in [0.3, 0.4) is 0 Å². The molecule has 7 rings (SSSR count). The smallest absolute Gasteiger partial charge is 0.271 e. The van der Waals surface area contributed by atoms with Crippen LogP contribution in [0.5, 0.6) is 0 Å². The van der Waals surface area contributed by atoms with Crippen molar-refractivity contribution in [2.75, 3.05) is 63.1 Å². The number of rotatable bonds is 9. The van der Waals surface area contributed by atoms with Crippen molar-refractivity contribution in [2.24, 2.45) is 11.7 Å². The topological polar surface area (TPSA) is 113 Å². The van der Waals surface area contributed by atoms with Crippen LogP contribution >= 0.6 is 0 Å². The Balaban J connectivity index is 1.14. The zero-order valence-corrected chi connectivity index (χ0v) is 28.3. The number of pyridine rings is 1. The first kappa shape index (κ1) is 32.0. The molecule has 10 nitrogen and oxygen atoms in total. The molecule has 3 N–H and O–H groups in total. The summed E-state index contributed by atoms with van der Waals surface area (Å²) >= 11 is 0. The van der Waals surface area contributed by atoms with E-state index in [9.17, 15) is 4.79 Å². The van der Waals surface area contributed by atoms with E-state index >= 15 is 0 Å². The summed E-state index contributed by atoms with van der Waals surface area (Å²) in [5.41, 5.74) is 12.8. The molecule has 1 spiro atoms. The van der Waals surface area contributed by atoms with Gasteiger partial charge in [-0.2, -0.15) is 0 Å². The standard InChI is InChI=1S/C37H50N8O2/c1-4-27-23-28(7-8-31(27)45-15-9-29(10-16-45)44-19-17-43(3)18-20-44)40-36-34(35(38)46)42-33(32-25(2)6-5-14-39-32)30(41-36)22-26-11-21-47-37(24-26)12-13-37/h5-8,14,23,26,29H,4,9-13,15-22,24H2,1-3H3,(H2,38,46)(H,40,41). The van der Waals surface area contributed by atoms with Gasteiger partial charge in [0.25, 0.3) is 5.91 Å². The summed E-state index contributed by atoms with van der Waals surface area (Å²) in [4.78, 5) is 35.2. The maximum absolute atomic E-state index is 12.8. The fourth-order valence-electron chi connectivity index (χ4n) is 7.91. The third-order valence-electron chi connectivity index (χ3n) is 10.9. The number of likely N-dealkylation sites (N-methyl/N-ethyl adjacent to an activating group) is 1. The van der Waals surface area contributed by atoms with E-state index < -0.39 is 5.91 Å². The number of hydrogen-bond donors (Lipinski definition) is 2. The number of aryl methyl sites for hydroxylation is 2. The number of hydrogen-bond acceptors (Lipinski definition) is 9. The van der Waals surface area contributed by atoms with Gasteiger partial charge in [0.2, 0.25) is 0 Å². The summed E-state index contributed by atoms with van der Waals surface area (Å²) in [5.74, 6) is 0.225. The Bertz CT molecular complexity index is 1590. The molecule has 1 saturated carbocycles. The number of carbonyl (C=O) groups excluding carboxylic acids is 1. The zero-order valence-electron chi connectivity index (χ0n) is 28.3. The van der Waals surface area contributed by atoms with Gasteiger partial charge in [-0.05, 0) is 107 Å². The monoisotopic (exact) mass is 638 g/mol. The van der Waals surface area contributed by atoms with Gasteiger partial charge in [-0.25, -0.2) is 9.97 Å². The maximum atomic E-state index is 12.8. The molecule has 1 aliphatic carbocycles. The molecule has 1 atom stereocenters. The zero-order chi connectivity index (χ0) is 32.5. The lowest BCUT2D eigenvalue weighted by molar-refractivity contribution is -0.0280. The Morgan fingerprint density at radius 2 is 1.83 bits per heavy atom. The van der Waals surface area contributed by atoms with Gasteiger partial charge in [0, 0.05) is 69.5 Å². The highest BCUT2D eigenvalue weighted by Crippen LogP contribution is 2.49. The molecule has 4 aliphatic rings. The van der Waals surface area contributed by atoms with E-state index in [1.807, 2.05) is 19.1 Å². The average molecular weight is 639 g/mol. The summed E-state index contributed by atoms with van der Waals surface area (Å²) in [6.45, 7) is 11.8. The lowest BCUT2D eigenvalue weighted by Crippen LogP contribution is -2.52. The number of nitrogens with zero attached hydrogens (tertiary/aromatic N) is 6. The molecule has 3 saturated heterocycles. The number of ether oxygens (including phenoxy) is 1. The minimum atomic E-state index is -0.611. The van der Waals surface area contributed by atoms with Crippen LogP contribution in [0.1, 0.15) is 72.8 Å². The highest BCUT2D eigenvalue weighted by molar-refractivity contribution is 5.97. The van der Waals surface area contributed by atoms with Crippen LogP contribution in [0.2, 0.25) is 0 Å². The number of amides is 1. The Kier molecular flexibility index (Phi) is 9.18. The Morgan fingerprint density at radius 3 is 2.53 bits per heavy atom. The van der Waals surface area contributed by atoms with E-state index in [-0.39, 0.29) is 11.3 Å². The van der Waals surface area contributed by atoms with Gasteiger partial charge < -0.3 is 25.6 Å². The summed E-state index contributed by atoms with van der Waals surface area (Å²) in [5, 5.41) is 3.46. The predicted octanol–water partition coefficient (Wildman–Crippen LogP) is 4.97. The number of aromatic nitrogens is 3. The fourth-order valence-corrected chi connectivity index (χ4v) is 7.91. The Labute approximate surface area is 279 Å². The Hall–Kier alpha value is -3.60. The summed E-state index contributed by atoms with van der Waals surface area (Å²) in [6, 6.07) is 11.1. The van der Waals surface area contributed by atoms with E-state index in [2.05, 4.69) is 57.2 Å². The second-order valence-electron chi connectivity index (χ2n) is 14.2. The largest absolute Gasteiger partial charge is 0.375 e. The van der Waals surface area contributed by atoms with Crippen LogP contribution in [0, 0.1) is 12.8 Å². The van der Waals surface area contributed by atoms with Crippen molar-refractivity contribution in [3.05, 3.63) is 59.0 Å². The van der Waals surface area contributed by atoms with Crippen molar-refractivity contribution in [1.29, 1.82) is 0 Å². The first-order chi connectivity index (χ1) is 22.8. The number of nitrogens with one attached hydrogen (secondary N) is 1. The van der Waals surface area contributed by atoms with Gasteiger partial charge in [-0.15, -0.1) is 0 Å². The molecule has 5 heterocycles. The number of benzene rings is 1. The summed E-state index contributed by atoms with van der Waals surface area (Å²) in [6.07, 6.45) is 10.1. The van der Waals surface area contributed by atoms with Crippen molar-refractivity contribution in [3.8, 4) is 11.4 Å². The molecule has 3 aromatic rings. The van der Waals surface area contributed by atoms with E-state index in [4.69, 9.17) is 20.4 Å². The molecule has 1 unspecified atom stereocenters. The lowest BCUT2D eigenvalue weighted by atomic mass is 9.89. The Morgan fingerprint density at radius 1 is 1.04 bits per heavy atom. The van der Waals surface area contributed by atoms with Crippen LogP contribution < -0.4 is 16.0 Å². The van der Waals surface area contributed by atoms with Crippen LogP contribution in [0.15, 0.2) is 36.5 Å². The highest BCUT2D eigenvalue weighted by Gasteiger charge is 2.47. The maximum Gasteiger partial charge on any atom is 0.271 e. The quantitative estimate of drug-likeness (QED) is 0.336. The minimum absolute atomic E-state index is 0.0593. The number of anilines is 3. The molecule has 47 heavy (non-hydrogen) atoms. The molecule has 1 amide bonds. The van der Waals surface area contributed by atoms with Crippen molar-refractivity contribution >= 4 is 23.1 Å². The fraction of sp³-hybridized carbons (Fsp3) is 0.568. The first-order valence-electron chi connectivity index (χ1n) is 17.6. The number of carbonyl (C=O) groups is 1. The van der Waals surface area contributed by atoms with Gasteiger partial charge in [0.1, 0.15) is 5.69 Å². The summed E-state index contributed by atoms with van der Waals surface area (Å²) < 4.78 is 6.11. The number of primary amides is 1. The lowest BCUT2D eigenvalue weighted by Gasteiger charge is -2.43. The van der Waals surface area contributed by atoms with E-state index in [0.717, 1.165) is 80.9 Å². The average Bonchev–Trinajstić information content (AvgIpc) is 3.83. The minimum Gasteiger partial charge on any atom is -0.375 e. The third kappa shape index (κ3) is 7.00. The molecular formula is C37H50N8O2. The molecule has 1 aromatic carbocycles. The van der Waals surface area contributed by atoms with Gasteiger partial charge >= 0.3 is 0 Å². The van der Waals surface area contributed by atoms with Crippen LogP contribution in [-0.2, 0) is 17.6 Å². The van der Waals surface area contributed by atoms with Crippen LogP contribution in [0.25, 0.3) is 11.4 Å². The predicted molar refractivity (Wildman–Crippen MR) is 186 cm³/mol. The van der Waals surface area contributed by atoms with Gasteiger partial charge in [-0.1, -0.05) is 13.0 Å².